The monoisotopic (exact) mass is 400 g/mol. The largest absolute Gasteiger partial charge is 0.396 e. The number of aliphatic hydroxyl groups excluding tert-OH is 1. The molecule has 2 aromatic heterocycles. The quantitative estimate of drug-likeness (QED) is 0.466. The van der Waals surface area contributed by atoms with Gasteiger partial charge >= 0.3 is 0 Å². The molecule has 0 aliphatic heterocycles. The minimum Gasteiger partial charge on any atom is -0.396 e. The first-order valence-corrected chi connectivity index (χ1v) is 10.8. The predicted molar refractivity (Wildman–Crippen MR) is 114 cm³/mol. The second kappa shape index (κ2) is 10.4. The highest BCUT2D eigenvalue weighted by Gasteiger charge is 2.25. The second-order valence-corrected chi connectivity index (χ2v) is 7.72. The number of aromatic nitrogens is 2. The number of hydrogen-bond acceptors (Lipinski definition) is 7. The summed E-state index contributed by atoms with van der Waals surface area (Å²) in [7, 11) is 0. The maximum atomic E-state index is 9.43. The molecule has 1 fully saturated rings. The van der Waals surface area contributed by atoms with Gasteiger partial charge in [0.25, 0.3) is 0 Å². The van der Waals surface area contributed by atoms with Gasteiger partial charge < -0.3 is 20.5 Å². The van der Waals surface area contributed by atoms with Gasteiger partial charge in [-0.3, -0.25) is 0 Å². The number of nitrogens with zero attached hydrogens (tertiary/aromatic N) is 2. The third-order valence-electron chi connectivity index (χ3n) is 4.82. The van der Waals surface area contributed by atoms with Crippen molar-refractivity contribution in [2.75, 3.05) is 37.0 Å². The van der Waals surface area contributed by atoms with Crippen LogP contribution in [0.1, 0.15) is 43.0 Å². The summed E-state index contributed by atoms with van der Waals surface area (Å²) in [4.78, 5) is 9.27. The lowest BCUT2D eigenvalue weighted by molar-refractivity contribution is 0.158. The zero-order valence-electron chi connectivity index (χ0n) is 16.5. The molecule has 1 aliphatic rings. The molecule has 0 amide bonds. The second-order valence-electron chi connectivity index (χ2n) is 6.94. The number of ether oxygens (including phenoxy) is 1. The summed E-state index contributed by atoms with van der Waals surface area (Å²) in [5.74, 6) is 8.17. The molecule has 1 saturated carbocycles. The van der Waals surface area contributed by atoms with Gasteiger partial charge in [0.1, 0.15) is 5.82 Å². The molecule has 1 aliphatic carbocycles. The first-order chi connectivity index (χ1) is 13.7. The smallest absolute Gasteiger partial charge is 0.225 e. The van der Waals surface area contributed by atoms with Crippen LogP contribution in [-0.4, -0.2) is 47.5 Å². The van der Waals surface area contributed by atoms with Crippen LogP contribution in [0.5, 0.6) is 0 Å². The van der Waals surface area contributed by atoms with Crippen molar-refractivity contribution in [2.45, 2.75) is 39.2 Å². The molecule has 6 nitrogen and oxygen atoms in total. The molecule has 0 saturated heterocycles. The molecule has 2 aromatic rings. The fourth-order valence-electron chi connectivity index (χ4n) is 3.32. The maximum Gasteiger partial charge on any atom is 0.225 e. The van der Waals surface area contributed by atoms with Crippen molar-refractivity contribution in [3.63, 3.8) is 0 Å². The summed E-state index contributed by atoms with van der Waals surface area (Å²) in [6.45, 7) is 6.15. The molecule has 3 rings (SSSR count). The van der Waals surface area contributed by atoms with Crippen molar-refractivity contribution >= 4 is 23.1 Å². The Hall–Kier alpha value is -2.14. The normalized spacial score (nSPS) is 18.5. The molecule has 2 unspecified atom stereocenters. The molecular weight excluding hydrogens is 372 g/mol. The van der Waals surface area contributed by atoms with Gasteiger partial charge in [0.15, 0.2) is 0 Å². The van der Waals surface area contributed by atoms with Crippen molar-refractivity contribution in [1.82, 2.24) is 9.97 Å². The predicted octanol–water partition coefficient (Wildman–Crippen LogP) is 3.27. The van der Waals surface area contributed by atoms with Crippen LogP contribution in [0, 0.1) is 24.7 Å². The van der Waals surface area contributed by atoms with E-state index in [9.17, 15) is 5.11 Å². The Morgan fingerprint density at radius 1 is 1.32 bits per heavy atom. The van der Waals surface area contributed by atoms with Crippen molar-refractivity contribution in [3.8, 4) is 11.8 Å². The summed E-state index contributed by atoms with van der Waals surface area (Å²) in [5, 5.41) is 20.3. The van der Waals surface area contributed by atoms with Crippen LogP contribution in [0.3, 0.4) is 0 Å². The van der Waals surface area contributed by atoms with E-state index in [2.05, 4.69) is 27.5 Å². The third-order valence-corrected chi connectivity index (χ3v) is 5.50. The number of aryl methyl sites for hydroxylation is 1. The number of rotatable bonds is 8. The van der Waals surface area contributed by atoms with E-state index in [1.165, 1.54) is 0 Å². The van der Waals surface area contributed by atoms with E-state index in [0.29, 0.717) is 37.7 Å². The Bertz CT molecular complexity index is 814. The average Bonchev–Trinajstić information content (AvgIpc) is 3.36. The topological polar surface area (TPSA) is 79.3 Å². The van der Waals surface area contributed by atoms with Gasteiger partial charge in [0.05, 0.1) is 17.9 Å². The van der Waals surface area contributed by atoms with E-state index in [1.807, 2.05) is 30.7 Å². The molecule has 7 heteroatoms. The SMILES string of the molecule is CCOCCNc1nc(C)c(C#Cc2ccsc2)c(NC2CCC(CO)C2)n1. The Morgan fingerprint density at radius 3 is 2.93 bits per heavy atom. The van der Waals surface area contributed by atoms with Gasteiger partial charge in [-0.25, -0.2) is 4.98 Å². The Balaban J connectivity index is 1.81. The van der Waals surface area contributed by atoms with Crippen LogP contribution in [0.25, 0.3) is 0 Å². The van der Waals surface area contributed by atoms with Crippen molar-refractivity contribution in [3.05, 3.63) is 33.6 Å². The Labute approximate surface area is 170 Å². The summed E-state index contributed by atoms with van der Waals surface area (Å²) in [6.07, 6.45) is 3.01. The lowest BCUT2D eigenvalue weighted by atomic mass is 10.1. The molecule has 0 spiro atoms. The molecule has 2 atom stereocenters. The van der Waals surface area contributed by atoms with Crippen molar-refractivity contribution < 1.29 is 9.84 Å². The zero-order chi connectivity index (χ0) is 19.8. The van der Waals surface area contributed by atoms with E-state index in [-0.39, 0.29) is 6.61 Å². The lowest BCUT2D eigenvalue weighted by Gasteiger charge is -2.17. The minimum absolute atomic E-state index is 0.246. The van der Waals surface area contributed by atoms with Crippen LogP contribution in [-0.2, 0) is 4.74 Å². The van der Waals surface area contributed by atoms with Gasteiger partial charge in [-0.1, -0.05) is 11.8 Å². The Morgan fingerprint density at radius 2 is 2.21 bits per heavy atom. The number of thiophene rings is 1. The van der Waals surface area contributed by atoms with Gasteiger partial charge in [-0.05, 0) is 50.5 Å². The standard InChI is InChI=1S/C21H28N4O2S/c1-3-27-10-9-22-21-23-15(2)19(7-5-16-8-11-28-14-16)20(25-21)24-18-6-4-17(12-18)13-26/h8,11,14,17-18,26H,3-4,6,9-10,12-13H2,1-2H3,(H2,22,23,24,25). The third kappa shape index (κ3) is 5.68. The summed E-state index contributed by atoms with van der Waals surface area (Å²) < 4.78 is 5.37. The fraction of sp³-hybridized carbons (Fsp3) is 0.524. The number of nitrogens with one attached hydrogen (secondary N) is 2. The summed E-state index contributed by atoms with van der Waals surface area (Å²) in [5.41, 5.74) is 2.67. The first kappa shape index (κ1) is 20.6. The molecule has 150 valence electrons. The van der Waals surface area contributed by atoms with Crippen LogP contribution in [0.15, 0.2) is 16.8 Å². The van der Waals surface area contributed by atoms with Gasteiger partial charge in [0, 0.05) is 36.7 Å². The van der Waals surface area contributed by atoms with Crippen LogP contribution in [0.2, 0.25) is 0 Å². The Kier molecular flexibility index (Phi) is 7.66. The van der Waals surface area contributed by atoms with Gasteiger partial charge in [-0.2, -0.15) is 16.3 Å². The minimum atomic E-state index is 0.246. The molecular formula is C21H28N4O2S. The van der Waals surface area contributed by atoms with Crippen LogP contribution >= 0.6 is 11.3 Å². The zero-order valence-corrected chi connectivity index (χ0v) is 17.3. The van der Waals surface area contributed by atoms with E-state index >= 15 is 0 Å². The first-order valence-electron chi connectivity index (χ1n) is 9.81. The number of hydrogen-bond donors (Lipinski definition) is 3. The van der Waals surface area contributed by atoms with Crippen molar-refractivity contribution in [2.24, 2.45) is 5.92 Å². The molecule has 28 heavy (non-hydrogen) atoms. The molecule has 3 N–H and O–H groups in total. The lowest BCUT2D eigenvalue weighted by Crippen LogP contribution is -2.20. The number of anilines is 2. The maximum absolute atomic E-state index is 9.43. The van der Waals surface area contributed by atoms with E-state index in [0.717, 1.165) is 41.9 Å². The molecule has 0 radical (unpaired) electrons. The van der Waals surface area contributed by atoms with Gasteiger partial charge in [0.2, 0.25) is 5.95 Å². The van der Waals surface area contributed by atoms with Crippen LogP contribution < -0.4 is 10.6 Å². The van der Waals surface area contributed by atoms with Crippen molar-refractivity contribution in [1.29, 1.82) is 0 Å². The summed E-state index contributed by atoms with van der Waals surface area (Å²) >= 11 is 1.63. The van der Waals surface area contributed by atoms with E-state index < -0.39 is 0 Å². The highest BCUT2D eigenvalue weighted by atomic mass is 32.1. The highest BCUT2D eigenvalue weighted by Crippen LogP contribution is 2.29. The van der Waals surface area contributed by atoms with Crippen LogP contribution in [0.4, 0.5) is 11.8 Å². The molecule has 0 bridgehead atoms. The van der Waals surface area contributed by atoms with Gasteiger partial charge in [-0.15, -0.1) is 0 Å². The number of aliphatic hydroxyl groups is 1. The average molecular weight is 401 g/mol. The van der Waals surface area contributed by atoms with E-state index in [4.69, 9.17) is 9.72 Å². The molecule has 0 aromatic carbocycles. The van der Waals surface area contributed by atoms with E-state index in [1.54, 1.807) is 11.3 Å². The fourth-order valence-corrected chi connectivity index (χ4v) is 3.91. The highest BCUT2D eigenvalue weighted by molar-refractivity contribution is 7.08. The molecule has 2 heterocycles. The summed E-state index contributed by atoms with van der Waals surface area (Å²) in [6, 6.07) is 2.30.